The maximum atomic E-state index is 14.8. The summed E-state index contributed by atoms with van der Waals surface area (Å²) in [4.78, 5) is 14.6. The van der Waals surface area contributed by atoms with Crippen LogP contribution in [0, 0.1) is 17.1 Å². The van der Waals surface area contributed by atoms with E-state index < -0.39 is 11.7 Å². The van der Waals surface area contributed by atoms with E-state index in [2.05, 4.69) is 31.0 Å². The highest BCUT2D eigenvalue weighted by Gasteiger charge is 2.34. The molecule has 1 atom stereocenters. The Bertz CT molecular complexity index is 831. The number of nitrogens with one attached hydrogen (secondary N) is 1. The quantitative estimate of drug-likeness (QED) is 0.596. The number of carbonyl (C=O) groups is 1. The number of hydrogen-bond acceptors (Lipinski definition) is 3. The van der Waals surface area contributed by atoms with Crippen LogP contribution >= 0.6 is 0 Å². The maximum absolute atomic E-state index is 14.8. The zero-order valence-corrected chi connectivity index (χ0v) is 17.3. The van der Waals surface area contributed by atoms with E-state index in [1.807, 2.05) is 13.1 Å². The Morgan fingerprint density at radius 3 is 2.64 bits per heavy atom. The van der Waals surface area contributed by atoms with Crippen molar-refractivity contribution in [3.63, 3.8) is 0 Å². The number of amides is 1. The van der Waals surface area contributed by atoms with Gasteiger partial charge in [0, 0.05) is 29.9 Å². The molecule has 1 fully saturated rings. The van der Waals surface area contributed by atoms with Crippen molar-refractivity contribution in [1.82, 2.24) is 5.32 Å². The second-order valence-corrected chi connectivity index (χ2v) is 8.89. The van der Waals surface area contributed by atoms with Gasteiger partial charge in [0.2, 0.25) is 0 Å². The second-order valence-electron chi connectivity index (χ2n) is 8.89. The molecule has 1 aromatic rings. The van der Waals surface area contributed by atoms with Gasteiger partial charge in [-0.1, -0.05) is 26.2 Å². The summed E-state index contributed by atoms with van der Waals surface area (Å²) in [6, 6.07) is 5.40. The zero-order valence-electron chi connectivity index (χ0n) is 17.3. The third-order valence-electron chi connectivity index (χ3n) is 6.36. The van der Waals surface area contributed by atoms with Gasteiger partial charge in [-0.25, -0.2) is 4.39 Å². The standard InChI is InChI=1S/C23H30FN3O/c1-15-13-23(2,3)27(4)21-12-20(24)16(11-19(15)21)10-17(14-25)22(28)26-18-8-6-5-7-9-18/h10-12,15,18H,5-9,13H2,1-4H3,(H,26,28)/b17-10+. The topological polar surface area (TPSA) is 56.1 Å². The summed E-state index contributed by atoms with van der Waals surface area (Å²) in [6.07, 6.45) is 7.61. The van der Waals surface area contributed by atoms with E-state index in [-0.39, 0.29) is 23.1 Å². The van der Waals surface area contributed by atoms with E-state index in [0.717, 1.165) is 43.4 Å². The van der Waals surface area contributed by atoms with Gasteiger partial charge in [0.1, 0.15) is 17.5 Å². The number of nitrogens with zero attached hydrogens (tertiary/aromatic N) is 2. The number of carbonyl (C=O) groups excluding carboxylic acids is 1. The molecule has 1 saturated carbocycles. The molecule has 0 bridgehead atoms. The van der Waals surface area contributed by atoms with Gasteiger partial charge >= 0.3 is 0 Å². The monoisotopic (exact) mass is 383 g/mol. The highest BCUT2D eigenvalue weighted by molar-refractivity contribution is 6.02. The number of halogens is 1. The third-order valence-corrected chi connectivity index (χ3v) is 6.36. The molecule has 5 heteroatoms. The van der Waals surface area contributed by atoms with Crippen molar-refractivity contribution < 1.29 is 9.18 Å². The van der Waals surface area contributed by atoms with Crippen LogP contribution in [-0.2, 0) is 4.79 Å². The summed E-state index contributed by atoms with van der Waals surface area (Å²) in [5.41, 5.74) is 2.15. The fourth-order valence-electron chi connectivity index (χ4n) is 4.53. The Labute approximate surface area is 167 Å². The van der Waals surface area contributed by atoms with Crippen LogP contribution in [0.15, 0.2) is 17.7 Å². The molecule has 1 heterocycles. The lowest BCUT2D eigenvalue weighted by molar-refractivity contribution is -0.117. The van der Waals surface area contributed by atoms with Gasteiger partial charge in [0.25, 0.3) is 5.91 Å². The molecule has 1 amide bonds. The Morgan fingerprint density at radius 2 is 2.00 bits per heavy atom. The normalized spacial score (nSPS) is 22.4. The molecule has 150 valence electrons. The minimum atomic E-state index is -0.409. The lowest BCUT2D eigenvalue weighted by atomic mass is 9.80. The van der Waals surface area contributed by atoms with Crippen molar-refractivity contribution in [2.24, 2.45) is 0 Å². The number of nitriles is 1. The Hall–Kier alpha value is -2.35. The first-order valence-electron chi connectivity index (χ1n) is 10.2. The Balaban J connectivity index is 1.89. The summed E-state index contributed by atoms with van der Waals surface area (Å²) in [5.74, 6) is -0.540. The Kier molecular flexibility index (Phi) is 5.79. The molecular weight excluding hydrogens is 353 g/mol. The van der Waals surface area contributed by atoms with Gasteiger partial charge in [-0.3, -0.25) is 4.79 Å². The van der Waals surface area contributed by atoms with E-state index in [4.69, 9.17) is 0 Å². The number of fused-ring (bicyclic) bond motifs is 1. The van der Waals surface area contributed by atoms with Crippen LogP contribution in [0.25, 0.3) is 6.08 Å². The van der Waals surface area contributed by atoms with Crippen LogP contribution in [0.5, 0.6) is 0 Å². The predicted molar refractivity (Wildman–Crippen MR) is 111 cm³/mol. The molecule has 0 radical (unpaired) electrons. The van der Waals surface area contributed by atoms with Crippen LogP contribution in [0.4, 0.5) is 10.1 Å². The molecule has 0 aromatic heterocycles. The fraction of sp³-hybridized carbons (Fsp3) is 0.565. The molecule has 3 rings (SSSR count). The van der Waals surface area contributed by atoms with Crippen LogP contribution in [0.2, 0.25) is 0 Å². The molecule has 1 aliphatic heterocycles. The average molecular weight is 384 g/mol. The van der Waals surface area contributed by atoms with Crippen molar-refractivity contribution >= 4 is 17.7 Å². The van der Waals surface area contributed by atoms with Crippen molar-refractivity contribution in [2.75, 3.05) is 11.9 Å². The molecular formula is C23H30FN3O. The molecule has 2 aliphatic rings. The third kappa shape index (κ3) is 4.06. The van der Waals surface area contributed by atoms with Crippen LogP contribution in [-0.4, -0.2) is 24.5 Å². The lowest BCUT2D eigenvalue weighted by Crippen LogP contribution is -2.45. The van der Waals surface area contributed by atoms with Crippen LogP contribution in [0.1, 0.15) is 76.3 Å². The average Bonchev–Trinajstić information content (AvgIpc) is 2.65. The van der Waals surface area contributed by atoms with Crippen LogP contribution in [0.3, 0.4) is 0 Å². The number of benzene rings is 1. The van der Waals surface area contributed by atoms with E-state index in [1.54, 1.807) is 6.07 Å². The van der Waals surface area contributed by atoms with Gasteiger partial charge in [-0.15, -0.1) is 0 Å². The van der Waals surface area contributed by atoms with E-state index in [0.29, 0.717) is 5.56 Å². The number of anilines is 1. The first-order chi connectivity index (χ1) is 13.2. The molecule has 1 aromatic carbocycles. The van der Waals surface area contributed by atoms with Crippen molar-refractivity contribution in [3.05, 3.63) is 34.6 Å². The van der Waals surface area contributed by atoms with Gasteiger partial charge in [-0.05, 0) is 62.8 Å². The summed E-state index contributed by atoms with van der Waals surface area (Å²) >= 11 is 0. The molecule has 1 N–H and O–H groups in total. The van der Waals surface area contributed by atoms with Crippen molar-refractivity contribution in [2.45, 2.75) is 76.8 Å². The van der Waals surface area contributed by atoms with Gasteiger partial charge in [0.15, 0.2) is 0 Å². The van der Waals surface area contributed by atoms with E-state index >= 15 is 0 Å². The minimum absolute atomic E-state index is 0.0402. The number of rotatable bonds is 3. The number of hydrogen-bond donors (Lipinski definition) is 1. The maximum Gasteiger partial charge on any atom is 0.262 e. The minimum Gasteiger partial charge on any atom is -0.369 e. The van der Waals surface area contributed by atoms with E-state index in [1.165, 1.54) is 18.6 Å². The molecule has 4 nitrogen and oxygen atoms in total. The summed E-state index contributed by atoms with van der Waals surface area (Å²) in [5, 5.41) is 12.4. The molecule has 0 saturated heterocycles. The van der Waals surface area contributed by atoms with Gasteiger partial charge in [0.05, 0.1) is 0 Å². The first-order valence-corrected chi connectivity index (χ1v) is 10.2. The lowest BCUT2D eigenvalue weighted by Gasteiger charge is -2.45. The smallest absolute Gasteiger partial charge is 0.262 e. The second kappa shape index (κ2) is 7.95. The molecule has 0 spiro atoms. The predicted octanol–water partition coefficient (Wildman–Crippen LogP) is 4.90. The summed E-state index contributed by atoms with van der Waals surface area (Å²) < 4.78 is 14.8. The van der Waals surface area contributed by atoms with Crippen molar-refractivity contribution in [1.29, 1.82) is 5.26 Å². The molecule has 28 heavy (non-hydrogen) atoms. The fourth-order valence-corrected chi connectivity index (χ4v) is 4.53. The van der Waals surface area contributed by atoms with Gasteiger partial charge < -0.3 is 10.2 Å². The van der Waals surface area contributed by atoms with E-state index in [9.17, 15) is 14.4 Å². The first kappa shape index (κ1) is 20.4. The van der Waals surface area contributed by atoms with Gasteiger partial charge in [-0.2, -0.15) is 5.26 Å². The Morgan fingerprint density at radius 1 is 1.32 bits per heavy atom. The molecule has 1 unspecified atom stereocenters. The zero-order chi connectivity index (χ0) is 20.5. The SMILES string of the molecule is CC1CC(C)(C)N(C)c2cc(F)c(/C=C(\C#N)C(=O)NC3CCCCC3)cc21. The summed E-state index contributed by atoms with van der Waals surface area (Å²) in [6.45, 7) is 6.45. The summed E-state index contributed by atoms with van der Waals surface area (Å²) in [7, 11) is 1.98. The largest absolute Gasteiger partial charge is 0.369 e. The molecule has 1 aliphatic carbocycles. The van der Waals surface area contributed by atoms with Crippen LogP contribution < -0.4 is 10.2 Å². The highest BCUT2D eigenvalue weighted by atomic mass is 19.1. The van der Waals surface area contributed by atoms with Crippen molar-refractivity contribution in [3.8, 4) is 6.07 Å². The highest BCUT2D eigenvalue weighted by Crippen LogP contribution is 2.43.